The SMILES string of the molecule is CC[C@H](C)N(CC(=O)N1CCC[C@H]1C(=O)N(CC(=O)O)Cc1ccccc1)C(=O)C(C)(C)C. The maximum absolute atomic E-state index is 13.4. The molecule has 8 heteroatoms. The second-order valence-electron chi connectivity index (χ2n) is 9.76. The molecule has 1 aromatic carbocycles. The Labute approximate surface area is 196 Å². The Hall–Kier alpha value is -2.90. The van der Waals surface area contributed by atoms with Gasteiger partial charge < -0.3 is 19.8 Å². The molecule has 1 heterocycles. The van der Waals surface area contributed by atoms with Crippen LogP contribution in [0.3, 0.4) is 0 Å². The second-order valence-corrected chi connectivity index (χ2v) is 9.76. The lowest BCUT2D eigenvalue weighted by Gasteiger charge is -2.36. The Morgan fingerprint density at radius 1 is 1.12 bits per heavy atom. The van der Waals surface area contributed by atoms with Gasteiger partial charge >= 0.3 is 5.97 Å². The van der Waals surface area contributed by atoms with Crippen LogP contribution in [0.15, 0.2) is 30.3 Å². The van der Waals surface area contributed by atoms with Crippen LogP contribution >= 0.6 is 0 Å². The maximum Gasteiger partial charge on any atom is 0.323 e. The van der Waals surface area contributed by atoms with Crippen LogP contribution in [0.5, 0.6) is 0 Å². The van der Waals surface area contributed by atoms with E-state index in [9.17, 15) is 24.3 Å². The molecule has 1 aromatic rings. The normalized spacial score (nSPS) is 16.9. The quantitative estimate of drug-likeness (QED) is 0.612. The van der Waals surface area contributed by atoms with Gasteiger partial charge in [0, 0.05) is 24.5 Å². The first-order valence-electron chi connectivity index (χ1n) is 11.6. The molecule has 33 heavy (non-hydrogen) atoms. The Balaban J connectivity index is 2.20. The lowest BCUT2D eigenvalue weighted by Crippen LogP contribution is -2.53. The number of amides is 3. The largest absolute Gasteiger partial charge is 0.480 e. The summed E-state index contributed by atoms with van der Waals surface area (Å²) in [5, 5.41) is 9.35. The minimum absolute atomic E-state index is 0.0908. The van der Waals surface area contributed by atoms with Crippen LogP contribution in [-0.4, -0.2) is 75.2 Å². The first kappa shape index (κ1) is 26.4. The summed E-state index contributed by atoms with van der Waals surface area (Å²) in [6.45, 7) is 9.40. The fraction of sp³-hybridized carbons (Fsp3) is 0.600. The molecule has 0 unspecified atom stereocenters. The molecule has 1 aliphatic heterocycles. The molecule has 1 aliphatic rings. The third kappa shape index (κ3) is 7.04. The molecule has 0 spiro atoms. The highest BCUT2D eigenvalue weighted by molar-refractivity contribution is 5.92. The van der Waals surface area contributed by atoms with Crippen molar-refractivity contribution in [3.8, 4) is 0 Å². The number of carboxylic acids is 1. The van der Waals surface area contributed by atoms with Crippen LogP contribution in [0.25, 0.3) is 0 Å². The molecule has 1 N–H and O–H groups in total. The van der Waals surface area contributed by atoms with E-state index < -0.39 is 24.0 Å². The van der Waals surface area contributed by atoms with E-state index in [2.05, 4.69) is 0 Å². The second kappa shape index (κ2) is 11.3. The highest BCUT2D eigenvalue weighted by Gasteiger charge is 2.39. The standard InChI is InChI=1S/C25H37N3O5/c1-6-18(2)28(24(33)25(3,4)5)16-21(29)27-14-10-13-20(27)23(32)26(17-22(30)31)15-19-11-8-7-9-12-19/h7-9,11-12,18,20H,6,10,13-17H2,1-5H3,(H,30,31)/t18-,20-/m0/s1. The van der Waals surface area contributed by atoms with E-state index >= 15 is 0 Å². The zero-order chi connectivity index (χ0) is 24.8. The van der Waals surface area contributed by atoms with Crippen LogP contribution in [0.1, 0.15) is 59.4 Å². The highest BCUT2D eigenvalue weighted by Crippen LogP contribution is 2.24. The fourth-order valence-electron chi connectivity index (χ4n) is 4.03. The molecule has 0 radical (unpaired) electrons. The summed E-state index contributed by atoms with van der Waals surface area (Å²) < 4.78 is 0. The van der Waals surface area contributed by atoms with Crippen LogP contribution in [0, 0.1) is 5.41 Å². The summed E-state index contributed by atoms with van der Waals surface area (Å²) >= 11 is 0. The van der Waals surface area contributed by atoms with Gasteiger partial charge in [-0.25, -0.2) is 0 Å². The van der Waals surface area contributed by atoms with E-state index in [0.29, 0.717) is 25.8 Å². The molecule has 0 bridgehead atoms. The molecule has 0 aromatic heterocycles. The van der Waals surface area contributed by atoms with Crippen molar-refractivity contribution in [2.24, 2.45) is 5.41 Å². The number of carbonyl (C=O) groups excluding carboxylic acids is 3. The third-order valence-electron chi connectivity index (χ3n) is 6.04. The zero-order valence-corrected chi connectivity index (χ0v) is 20.4. The van der Waals surface area contributed by atoms with Gasteiger partial charge in [-0.3, -0.25) is 19.2 Å². The smallest absolute Gasteiger partial charge is 0.323 e. The summed E-state index contributed by atoms with van der Waals surface area (Å²) in [6, 6.07) is 8.36. The van der Waals surface area contributed by atoms with Gasteiger partial charge in [0.2, 0.25) is 17.7 Å². The maximum atomic E-state index is 13.4. The topological polar surface area (TPSA) is 98.2 Å². The van der Waals surface area contributed by atoms with E-state index in [1.54, 1.807) is 4.90 Å². The van der Waals surface area contributed by atoms with Crippen molar-refractivity contribution in [3.05, 3.63) is 35.9 Å². The van der Waals surface area contributed by atoms with Gasteiger partial charge in [0.25, 0.3) is 0 Å². The van der Waals surface area contributed by atoms with Gasteiger partial charge in [-0.15, -0.1) is 0 Å². The molecule has 8 nitrogen and oxygen atoms in total. The van der Waals surface area contributed by atoms with Crippen molar-refractivity contribution < 1.29 is 24.3 Å². The van der Waals surface area contributed by atoms with Crippen LogP contribution in [-0.2, 0) is 25.7 Å². The van der Waals surface area contributed by atoms with Gasteiger partial charge in [0.1, 0.15) is 19.1 Å². The number of carbonyl (C=O) groups is 4. The molecule has 2 atom stereocenters. The van der Waals surface area contributed by atoms with E-state index in [-0.39, 0.29) is 36.9 Å². The lowest BCUT2D eigenvalue weighted by molar-refractivity contribution is -0.152. The first-order chi connectivity index (χ1) is 15.5. The van der Waals surface area contributed by atoms with E-state index in [0.717, 1.165) is 5.56 Å². The van der Waals surface area contributed by atoms with Crippen molar-refractivity contribution in [1.82, 2.24) is 14.7 Å². The highest BCUT2D eigenvalue weighted by atomic mass is 16.4. The first-order valence-corrected chi connectivity index (χ1v) is 11.6. The molecular weight excluding hydrogens is 422 g/mol. The Bertz CT molecular complexity index is 849. The summed E-state index contributed by atoms with van der Waals surface area (Å²) in [7, 11) is 0. The minimum atomic E-state index is -1.10. The summed E-state index contributed by atoms with van der Waals surface area (Å²) in [5.74, 6) is -1.86. The predicted octanol–water partition coefficient (Wildman–Crippen LogP) is 2.76. The number of hydrogen-bond acceptors (Lipinski definition) is 4. The van der Waals surface area contributed by atoms with Gasteiger partial charge in [-0.1, -0.05) is 58.0 Å². The molecule has 1 fully saturated rings. The fourth-order valence-corrected chi connectivity index (χ4v) is 4.03. The Kier molecular flexibility index (Phi) is 9.02. The predicted molar refractivity (Wildman–Crippen MR) is 125 cm³/mol. The van der Waals surface area contributed by atoms with Crippen molar-refractivity contribution in [2.75, 3.05) is 19.6 Å². The molecule has 3 amide bonds. The number of rotatable bonds is 9. The summed E-state index contributed by atoms with van der Waals surface area (Å²) in [4.78, 5) is 55.5. The van der Waals surface area contributed by atoms with Crippen molar-refractivity contribution in [2.45, 2.75) is 72.5 Å². The number of benzene rings is 1. The molecule has 1 saturated heterocycles. The van der Waals surface area contributed by atoms with Gasteiger partial charge in [-0.2, -0.15) is 0 Å². The van der Waals surface area contributed by atoms with E-state index in [1.165, 1.54) is 9.80 Å². The van der Waals surface area contributed by atoms with Crippen molar-refractivity contribution in [3.63, 3.8) is 0 Å². The van der Waals surface area contributed by atoms with Crippen molar-refractivity contribution in [1.29, 1.82) is 0 Å². The lowest BCUT2D eigenvalue weighted by atomic mass is 9.93. The summed E-state index contributed by atoms with van der Waals surface area (Å²) in [5.41, 5.74) is 0.194. The van der Waals surface area contributed by atoms with Gasteiger partial charge in [0.05, 0.1) is 0 Å². The Morgan fingerprint density at radius 3 is 2.30 bits per heavy atom. The van der Waals surface area contributed by atoms with E-state index in [4.69, 9.17) is 0 Å². The molecular formula is C25H37N3O5. The number of nitrogens with zero attached hydrogens (tertiary/aromatic N) is 3. The number of hydrogen-bond donors (Lipinski definition) is 1. The van der Waals surface area contributed by atoms with Gasteiger partial charge in [0.15, 0.2) is 0 Å². The zero-order valence-electron chi connectivity index (χ0n) is 20.4. The number of aliphatic carboxylic acids is 1. The average molecular weight is 460 g/mol. The molecule has 2 rings (SSSR count). The minimum Gasteiger partial charge on any atom is -0.480 e. The third-order valence-corrected chi connectivity index (χ3v) is 6.04. The van der Waals surface area contributed by atoms with E-state index in [1.807, 2.05) is 65.0 Å². The molecule has 182 valence electrons. The Morgan fingerprint density at radius 2 is 1.76 bits per heavy atom. The monoisotopic (exact) mass is 459 g/mol. The molecule has 0 aliphatic carbocycles. The van der Waals surface area contributed by atoms with Crippen LogP contribution in [0.4, 0.5) is 0 Å². The summed E-state index contributed by atoms with van der Waals surface area (Å²) in [6.07, 6.45) is 1.85. The van der Waals surface area contributed by atoms with Gasteiger partial charge in [-0.05, 0) is 31.7 Å². The number of carboxylic acid groups (broad SMARTS) is 1. The molecule has 0 saturated carbocycles. The number of likely N-dealkylation sites (tertiary alicyclic amines) is 1. The average Bonchev–Trinajstić information content (AvgIpc) is 3.25. The van der Waals surface area contributed by atoms with Crippen LogP contribution < -0.4 is 0 Å². The van der Waals surface area contributed by atoms with Crippen molar-refractivity contribution >= 4 is 23.7 Å². The van der Waals surface area contributed by atoms with Crippen LogP contribution in [0.2, 0.25) is 0 Å².